The first-order valence-electron chi connectivity index (χ1n) is 7.66. The zero-order valence-electron chi connectivity index (χ0n) is 13.1. The average Bonchev–Trinajstić information content (AvgIpc) is 2.35. The van der Waals surface area contributed by atoms with E-state index in [0.717, 1.165) is 12.3 Å². The van der Waals surface area contributed by atoms with E-state index in [-0.39, 0.29) is 5.25 Å². The van der Waals surface area contributed by atoms with Gasteiger partial charge in [-0.05, 0) is 64.3 Å². The molecular formula is C15H31NO2S. The Bertz CT molecular complexity index is 362. The Labute approximate surface area is 119 Å². The molecule has 0 amide bonds. The molecule has 0 aromatic carbocycles. The number of sulfone groups is 1. The lowest BCUT2D eigenvalue weighted by atomic mass is 9.73. The largest absolute Gasteiger partial charge is 0.317 e. The highest BCUT2D eigenvalue weighted by Gasteiger charge is 2.32. The number of hydrogen-bond donors (Lipinski definition) is 1. The molecule has 19 heavy (non-hydrogen) atoms. The molecule has 4 heteroatoms. The fourth-order valence-electron chi connectivity index (χ4n) is 3.16. The van der Waals surface area contributed by atoms with Gasteiger partial charge in [0.1, 0.15) is 0 Å². The van der Waals surface area contributed by atoms with Gasteiger partial charge in [-0.3, -0.25) is 0 Å². The maximum atomic E-state index is 12.0. The van der Waals surface area contributed by atoms with Gasteiger partial charge in [-0.2, -0.15) is 0 Å². The first-order chi connectivity index (χ1) is 8.77. The van der Waals surface area contributed by atoms with Gasteiger partial charge in [-0.15, -0.1) is 0 Å². The highest BCUT2D eigenvalue weighted by molar-refractivity contribution is 7.91. The van der Waals surface area contributed by atoms with E-state index in [0.29, 0.717) is 23.6 Å². The summed E-state index contributed by atoms with van der Waals surface area (Å²) in [5.74, 6) is 2.33. The molecule has 0 radical (unpaired) electrons. The summed E-state index contributed by atoms with van der Waals surface area (Å²) < 4.78 is 23.9. The van der Waals surface area contributed by atoms with Gasteiger partial charge < -0.3 is 5.32 Å². The number of nitrogens with one attached hydrogen (secondary N) is 1. The Morgan fingerprint density at radius 2 is 1.79 bits per heavy atom. The minimum Gasteiger partial charge on any atom is -0.317 e. The zero-order valence-corrected chi connectivity index (χ0v) is 14.0. The van der Waals surface area contributed by atoms with Gasteiger partial charge in [-0.25, -0.2) is 8.42 Å². The molecule has 114 valence electrons. The molecule has 1 rings (SSSR count). The van der Waals surface area contributed by atoms with Crippen molar-refractivity contribution in [2.24, 2.45) is 17.8 Å². The predicted octanol–water partition coefficient (Wildman–Crippen LogP) is 2.86. The summed E-state index contributed by atoms with van der Waals surface area (Å²) in [5.41, 5.74) is 0. The summed E-state index contributed by atoms with van der Waals surface area (Å²) in [6.07, 6.45) is 4.45. The highest BCUT2D eigenvalue weighted by atomic mass is 32.2. The first-order valence-corrected chi connectivity index (χ1v) is 9.38. The van der Waals surface area contributed by atoms with E-state index in [9.17, 15) is 8.42 Å². The molecule has 3 nitrogen and oxygen atoms in total. The molecule has 1 N–H and O–H groups in total. The van der Waals surface area contributed by atoms with Crippen LogP contribution in [0.4, 0.5) is 0 Å². The summed E-state index contributed by atoms with van der Waals surface area (Å²) in [4.78, 5) is 0. The molecule has 3 atom stereocenters. The van der Waals surface area contributed by atoms with Crippen molar-refractivity contribution in [3.05, 3.63) is 0 Å². The van der Waals surface area contributed by atoms with Crippen LogP contribution in [0.2, 0.25) is 0 Å². The van der Waals surface area contributed by atoms with Crippen LogP contribution in [0.15, 0.2) is 0 Å². The second-order valence-corrected chi connectivity index (χ2v) is 9.35. The van der Waals surface area contributed by atoms with Crippen molar-refractivity contribution in [3.63, 3.8) is 0 Å². The fourth-order valence-corrected chi connectivity index (χ4v) is 4.26. The molecule has 0 aromatic rings. The molecule has 0 bridgehead atoms. The van der Waals surface area contributed by atoms with Crippen molar-refractivity contribution in [1.29, 1.82) is 0 Å². The second kappa shape index (κ2) is 7.07. The molecule has 1 aliphatic rings. The first kappa shape index (κ1) is 17.0. The van der Waals surface area contributed by atoms with Crippen LogP contribution in [0.3, 0.4) is 0 Å². The molecule has 0 saturated heterocycles. The smallest absolute Gasteiger partial charge is 0.152 e. The van der Waals surface area contributed by atoms with E-state index in [4.69, 9.17) is 0 Å². The van der Waals surface area contributed by atoms with Crippen molar-refractivity contribution >= 4 is 9.84 Å². The van der Waals surface area contributed by atoms with Crippen LogP contribution < -0.4 is 5.32 Å². The topological polar surface area (TPSA) is 46.2 Å². The zero-order chi connectivity index (χ0) is 14.6. The van der Waals surface area contributed by atoms with Crippen LogP contribution in [0.1, 0.15) is 53.4 Å². The van der Waals surface area contributed by atoms with Crippen LogP contribution in [-0.4, -0.2) is 32.5 Å². The third-order valence-electron chi connectivity index (χ3n) is 4.83. The molecular weight excluding hydrogens is 258 g/mol. The van der Waals surface area contributed by atoms with E-state index < -0.39 is 9.84 Å². The quantitative estimate of drug-likeness (QED) is 0.818. The Balaban J connectivity index is 2.62. The molecule has 0 aliphatic heterocycles. The van der Waals surface area contributed by atoms with Gasteiger partial charge in [0.15, 0.2) is 9.84 Å². The fraction of sp³-hybridized carbons (Fsp3) is 1.00. The van der Waals surface area contributed by atoms with Gasteiger partial charge >= 0.3 is 0 Å². The highest BCUT2D eigenvalue weighted by Crippen LogP contribution is 2.35. The summed E-state index contributed by atoms with van der Waals surface area (Å²) in [5, 5.41) is 3.14. The molecule has 0 spiro atoms. The van der Waals surface area contributed by atoms with Gasteiger partial charge in [0, 0.05) is 6.04 Å². The van der Waals surface area contributed by atoms with E-state index in [1.54, 1.807) is 13.8 Å². The van der Waals surface area contributed by atoms with E-state index >= 15 is 0 Å². The van der Waals surface area contributed by atoms with Crippen molar-refractivity contribution < 1.29 is 8.42 Å². The van der Waals surface area contributed by atoms with Crippen LogP contribution in [0.25, 0.3) is 0 Å². The Morgan fingerprint density at radius 1 is 1.16 bits per heavy atom. The standard InChI is InChI=1S/C15H31NO2S/c1-11(2)13-6-7-15(16-5)14(10-13)8-9-19(17,18)12(3)4/h11-16H,6-10H2,1-5H3. The van der Waals surface area contributed by atoms with Gasteiger partial charge in [0.05, 0.1) is 11.0 Å². The Kier molecular flexibility index (Phi) is 6.31. The average molecular weight is 289 g/mol. The Morgan fingerprint density at radius 3 is 2.26 bits per heavy atom. The maximum absolute atomic E-state index is 12.0. The maximum Gasteiger partial charge on any atom is 0.152 e. The van der Waals surface area contributed by atoms with Gasteiger partial charge in [0.25, 0.3) is 0 Å². The van der Waals surface area contributed by atoms with Crippen LogP contribution in [-0.2, 0) is 9.84 Å². The van der Waals surface area contributed by atoms with Crippen LogP contribution >= 0.6 is 0 Å². The van der Waals surface area contributed by atoms with Crippen molar-refractivity contribution in [1.82, 2.24) is 5.32 Å². The van der Waals surface area contributed by atoms with Gasteiger partial charge in [0.2, 0.25) is 0 Å². The molecule has 3 unspecified atom stereocenters. The predicted molar refractivity (Wildman–Crippen MR) is 82.1 cm³/mol. The third kappa shape index (κ3) is 4.75. The summed E-state index contributed by atoms with van der Waals surface area (Å²) >= 11 is 0. The molecule has 1 saturated carbocycles. The van der Waals surface area contributed by atoms with Crippen molar-refractivity contribution in [2.45, 2.75) is 64.7 Å². The summed E-state index contributed by atoms with van der Waals surface area (Å²) in [6, 6.07) is 0.498. The third-order valence-corrected chi connectivity index (χ3v) is 7.07. The summed E-state index contributed by atoms with van der Waals surface area (Å²) in [6.45, 7) is 8.13. The molecule has 1 fully saturated rings. The monoisotopic (exact) mass is 289 g/mol. The van der Waals surface area contributed by atoms with E-state index in [1.807, 2.05) is 7.05 Å². The lowest BCUT2D eigenvalue weighted by molar-refractivity contribution is 0.170. The SMILES string of the molecule is CNC1CCC(C(C)C)CC1CCS(=O)(=O)C(C)C. The molecule has 0 heterocycles. The summed E-state index contributed by atoms with van der Waals surface area (Å²) in [7, 11) is -0.890. The molecule has 0 aromatic heterocycles. The normalized spacial score (nSPS) is 29.1. The number of hydrogen-bond acceptors (Lipinski definition) is 3. The number of rotatable bonds is 6. The minimum atomic E-state index is -2.89. The lowest BCUT2D eigenvalue weighted by Gasteiger charge is -2.38. The van der Waals surface area contributed by atoms with Crippen molar-refractivity contribution in [3.8, 4) is 0 Å². The second-order valence-electron chi connectivity index (χ2n) is 6.68. The van der Waals surface area contributed by atoms with Crippen LogP contribution in [0.5, 0.6) is 0 Å². The van der Waals surface area contributed by atoms with Gasteiger partial charge in [-0.1, -0.05) is 13.8 Å². The molecule has 1 aliphatic carbocycles. The van der Waals surface area contributed by atoms with E-state index in [1.165, 1.54) is 19.3 Å². The Hall–Kier alpha value is -0.0900. The van der Waals surface area contributed by atoms with Crippen LogP contribution in [0, 0.1) is 17.8 Å². The lowest BCUT2D eigenvalue weighted by Crippen LogP contribution is -2.40. The minimum absolute atomic E-state index is 0.245. The van der Waals surface area contributed by atoms with E-state index in [2.05, 4.69) is 19.2 Å². The van der Waals surface area contributed by atoms with Crippen molar-refractivity contribution in [2.75, 3.05) is 12.8 Å².